The van der Waals surface area contributed by atoms with Crippen LogP contribution in [0.15, 0.2) is 24.3 Å². The molecule has 0 radical (unpaired) electrons. The zero-order valence-corrected chi connectivity index (χ0v) is 12.7. The van der Waals surface area contributed by atoms with Crippen molar-refractivity contribution in [1.82, 2.24) is 4.90 Å². The van der Waals surface area contributed by atoms with Crippen LogP contribution in [0, 0.1) is 0 Å². The van der Waals surface area contributed by atoms with Crippen molar-refractivity contribution in [2.45, 2.75) is 25.3 Å². The number of carboxylic acids is 1. The van der Waals surface area contributed by atoms with Crippen LogP contribution in [0.1, 0.15) is 17.3 Å². The number of benzene rings is 1. The molecule has 1 heterocycles. The number of amides is 1. The molecular weight excluding hydrogens is 331 g/mol. The lowest BCUT2D eigenvalue weighted by Crippen LogP contribution is -2.54. The topological polar surface area (TPSA) is 76.1 Å². The molecular formula is C15H16F3NO5. The average Bonchev–Trinajstić information content (AvgIpc) is 2.51. The highest BCUT2D eigenvalue weighted by Gasteiger charge is 2.46. The van der Waals surface area contributed by atoms with Crippen LogP contribution in [-0.2, 0) is 9.53 Å². The number of alkyl halides is 3. The minimum atomic E-state index is -4.56. The first-order chi connectivity index (χ1) is 11.2. The molecule has 6 nitrogen and oxygen atoms in total. The van der Waals surface area contributed by atoms with Gasteiger partial charge in [0.2, 0.25) is 0 Å². The second-order valence-electron chi connectivity index (χ2n) is 5.40. The molecule has 1 aromatic carbocycles. The summed E-state index contributed by atoms with van der Waals surface area (Å²) in [4.78, 5) is 24.0. The standard InChI is InChI=1S/C15H16F3NO5/c1-9-6-19(7-12(24-9)15(16,17)18)14(22)10-3-2-4-11(5-10)23-8-13(20)21/h2-5,9,12H,6-8H2,1H3,(H,20,21). The number of morpholine rings is 1. The smallest absolute Gasteiger partial charge is 0.416 e. The van der Waals surface area contributed by atoms with Crippen LogP contribution >= 0.6 is 0 Å². The van der Waals surface area contributed by atoms with Crippen molar-refractivity contribution in [2.75, 3.05) is 19.7 Å². The number of carbonyl (C=O) groups excluding carboxylic acids is 1. The molecule has 1 N–H and O–H groups in total. The summed E-state index contributed by atoms with van der Waals surface area (Å²) in [5.41, 5.74) is 0.118. The Morgan fingerprint density at radius 3 is 2.71 bits per heavy atom. The Labute approximate surface area is 135 Å². The fourth-order valence-corrected chi connectivity index (χ4v) is 2.34. The van der Waals surface area contributed by atoms with Crippen LogP contribution in [0.25, 0.3) is 0 Å². The summed E-state index contributed by atoms with van der Waals surface area (Å²) < 4.78 is 48.4. The molecule has 0 aromatic heterocycles. The Morgan fingerprint density at radius 2 is 2.08 bits per heavy atom. The first kappa shape index (κ1) is 18.1. The molecule has 1 saturated heterocycles. The van der Waals surface area contributed by atoms with Gasteiger partial charge in [-0.15, -0.1) is 0 Å². The molecule has 1 aliphatic rings. The van der Waals surface area contributed by atoms with Gasteiger partial charge in [0.15, 0.2) is 12.7 Å². The van der Waals surface area contributed by atoms with E-state index in [1.807, 2.05) is 0 Å². The van der Waals surface area contributed by atoms with E-state index in [2.05, 4.69) is 0 Å². The second-order valence-corrected chi connectivity index (χ2v) is 5.40. The summed E-state index contributed by atoms with van der Waals surface area (Å²) in [7, 11) is 0. The third kappa shape index (κ3) is 4.60. The summed E-state index contributed by atoms with van der Waals surface area (Å²) in [6.07, 6.45) is -7.34. The number of hydrogen-bond acceptors (Lipinski definition) is 4. The number of nitrogens with zero attached hydrogens (tertiary/aromatic N) is 1. The lowest BCUT2D eigenvalue weighted by molar-refractivity contribution is -0.247. The molecule has 132 valence electrons. The monoisotopic (exact) mass is 347 g/mol. The van der Waals surface area contributed by atoms with Crippen LogP contribution in [0.5, 0.6) is 5.75 Å². The van der Waals surface area contributed by atoms with E-state index in [9.17, 15) is 22.8 Å². The average molecular weight is 347 g/mol. The van der Waals surface area contributed by atoms with Crippen LogP contribution in [0.3, 0.4) is 0 Å². The van der Waals surface area contributed by atoms with Gasteiger partial charge in [0.25, 0.3) is 5.91 Å². The minimum absolute atomic E-state index is 0.0334. The van der Waals surface area contributed by atoms with Gasteiger partial charge < -0.3 is 19.5 Å². The highest BCUT2D eigenvalue weighted by molar-refractivity contribution is 5.94. The number of carboxylic acid groups (broad SMARTS) is 1. The van der Waals surface area contributed by atoms with Gasteiger partial charge in [-0.25, -0.2) is 4.79 Å². The van der Waals surface area contributed by atoms with E-state index in [-0.39, 0.29) is 17.9 Å². The van der Waals surface area contributed by atoms with E-state index in [1.54, 1.807) is 0 Å². The maximum Gasteiger partial charge on any atom is 0.416 e. The van der Waals surface area contributed by atoms with Gasteiger partial charge >= 0.3 is 12.1 Å². The molecule has 24 heavy (non-hydrogen) atoms. The van der Waals surface area contributed by atoms with Gasteiger partial charge in [-0.1, -0.05) is 6.07 Å². The molecule has 0 aliphatic carbocycles. The van der Waals surface area contributed by atoms with Crippen molar-refractivity contribution in [3.8, 4) is 5.75 Å². The molecule has 0 saturated carbocycles. The summed E-state index contributed by atoms with van der Waals surface area (Å²) in [5.74, 6) is -1.63. The molecule has 2 atom stereocenters. The highest BCUT2D eigenvalue weighted by atomic mass is 19.4. The predicted octanol–water partition coefficient (Wildman–Crippen LogP) is 1.94. The fraction of sp³-hybridized carbons (Fsp3) is 0.467. The number of hydrogen-bond donors (Lipinski definition) is 1. The van der Waals surface area contributed by atoms with E-state index in [0.29, 0.717) is 0 Å². The quantitative estimate of drug-likeness (QED) is 0.901. The van der Waals surface area contributed by atoms with Gasteiger partial charge in [0.05, 0.1) is 12.6 Å². The van der Waals surface area contributed by atoms with Crippen LogP contribution in [-0.4, -0.2) is 60.0 Å². The van der Waals surface area contributed by atoms with E-state index < -0.39 is 43.4 Å². The zero-order chi connectivity index (χ0) is 17.9. The van der Waals surface area contributed by atoms with Crippen LogP contribution in [0.4, 0.5) is 13.2 Å². The van der Waals surface area contributed by atoms with Crippen molar-refractivity contribution < 1.29 is 37.3 Å². The molecule has 9 heteroatoms. The number of ether oxygens (including phenoxy) is 2. The number of carbonyl (C=O) groups is 2. The Morgan fingerprint density at radius 1 is 1.38 bits per heavy atom. The Hall–Kier alpha value is -2.29. The molecule has 1 amide bonds. The van der Waals surface area contributed by atoms with E-state index in [0.717, 1.165) is 4.90 Å². The molecule has 2 unspecified atom stereocenters. The summed E-state index contributed by atoms with van der Waals surface area (Å²) >= 11 is 0. The summed E-state index contributed by atoms with van der Waals surface area (Å²) in [6, 6.07) is 5.66. The van der Waals surface area contributed by atoms with Crippen LogP contribution < -0.4 is 4.74 Å². The summed E-state index contributed by atoms with van der Waals surface area (Å²) in [6.45, 7) is 0.325. The SMILES string of the molecule is CC1CN(C(=O)c2cccc(OCC(=O)O)c2)CC(C(F)(F)F)O1. The maximum absolute atomic E-state index is 12.9. The molecule has 2 rings (SSSR count). The maximum atomic E-state index is 12.9. The lowest BCUT2D eigenvalue weighted by atomic mass is 10.1. The van der Waals surface area contributed by atoms with Gasteiger partial charge in [-0.2, -0.15) is 13.2 Å². The first-order valence-corrected chi connectivity index (χ1v) is 7.13. The lowest BCUT2D eigenvalue weighted by Gasteiger charge is -2.37. The molecule has 1 aromatic rings. The van der Waals surface area contributed by atoms with E-state index in [4.69, 9.17) is 14.6 Å². The molecule has 1 aliphatic heterocycles. The fourth-order valence-electron chi connectivity index (χ4n) is 2.34. The Balaban J connectivity index is 2.12. The highest BCUT2D eigenvalue weighted by Crippen LogP contribution is 2.28. The predicted molar refractivity (Wildman–Crippen MR) is 75.9 cm³/mol. The van der Waals surface area contributed by atoms with Crippen molar-refractivity contribution in [3.63, 3.8) is 0 Å². The van der Waals surface area contributed by atoms with Gasteiger partial charge in [-0.3, -0.25) is 4.79 Å². The molecule has 0 bridgehead atoms. The van der Waals surface area contributed by atoms with Crippen LogP contribution in [0.2, 0.25) is 0 Å². The third-order valence-electron chi connectivity index (χ3n) is 3.36. The number of aliphatic carboxylic acids is 1. The molecule has 1 fully saturated rings. The van der Waals surface area contributed by atoms with Gasteiger partial charge in [0, 0.05) is 12.1 Å². The minimum Gasteiger partial charge on any atom is -0.482 e. The Bertz CT molecular complexity index is 619. The first-order valence-electron chi connectivity index (χ1n) is 7.13. The normalized spacial score (nSPS) is 21.4. The zero-order valence-electron chi connectivity index (χ0n) is 12.7. The van der Waals surface area contributed by atoms with E-state index >= 15 is 0 Å². The molecule has 0 spiro atoms. The largest absolute Gasteiger partial charge is 0.482 e. The Kier molecular flexibility index (Phi) is 5.33. The third-order valence-corrected chi connectivity index (χ3v) is 3.36. The number of rotatable bonds is 4. The van der Waals surface area contributed by atoms with Crippen molar-refractivity contribution >= 4 is 11.9 Å². The van der Waals surface area contributed by atoms with Gasteiger partial charge in [-0.05, 0) is 25.1 Å². The van der Waals surface area contributed by atoms with Crippen molar-refractivity contribution in [3.05, 3.63) is 29.8 Å². The number of halogens is 3. The van der Waals surface area contributed by atoms with E-state index in [1.165, 1.54) is 31.2 Å². The van der Waals surface area contributed by atoms with Crippen molar-refractivity contribution in [2.24, 2.45) is 0 Å². The van der Waals surface area contributed by atoms with Gasteiger partial charge in [0.1, 0.15) is 5.75 Å². The second kappa shape index (κ2) is 7.08. The summed E-state index contributed by atoms with van der Waals surface area (Å²) in [5, 5.41) is 8.57. The van der Waals surface area contributed by atoms with Crippen molar-refractivity contribution in [1.29, 1.82) is 0 Å².